The van der Waals surface area contributed by atoms with Gasteiger partial charge in [0, 0.05) is 34.8 Å². The zero-order chi connectivity index (χ0) is 20.7. The fraction of sp³-hybridized carbons (Fsp3) is 0.333. The van der Waals surface area contributed by atoms with Gasteiger partial charge in [0.1, 0.15) is 17.3 Å². The van der Waals surface area contributed by atoms with Crippen molar-refractivity contribution in [3.05, 3.63) is 36.0 Å². The van der Waals surface area contributed by atoms with Crippen LogP contribution in [0.5, 0.6) is 0 Å². The Morgan fingerprint density at radius 3 is 2.61 bits per heavy atom. The summed E-state index contributed by atoms with van der Waals surface area (Å²) < 4.78 is 0. The Morgan fingerprint density at radius 2 is 1.96 bits per heavy atom. The van der Waals surface area contributed by atoms with Gasteiger partial charge in [-0.1, -0.05) is 18.2 Å². The number of carboxylic acids is 2. The van der Waals surface area contributed by atoms with Crippen LogP contribution in [0.3, 0.4) is 0 Å². The summed E-state index contributed by atoms with van der Waals surface area (Å²) in [6, 6.07) is 7.21. The van der Waals surface area contributed by atoms with Gasteiger partial charge in [0.05, 0.1) is 6.07 Å². The molecule has 9 nitrogen and oxygen atoms in total. The molecule has 1 aromatic carbocycles. The van der Waals surface area contributed by atoms with Crippen molar-refractivity contribution in [3.8, 4) is 6.07 Å². The van der Waals surface area contributed by atoms with E-state index in [1.54, 1.807) is 6.20 Å². The molecule has 0 radical (unpaired) electrons. The van der Waals surface area contributed by atoms with Gasteiger partial charge in [-0.15, -0.1) is 11.8 Å². The summed E-state index contributed by atoms with van der Waals surface area (Å²) in [7, 11) is 0. The van der Waals surface area contributed by atoms with Crippen molar-refractivity contribution in [2.45, 2.75) is 30.2 Å². The molecule has 1 unspecified atom stereocenters. The average molecular weight is 404 g/mol. The third kappa shape index (κ3) is 5.48. The summed E-state index contributed by atoms with van der Waals surface area (Å²) in [6.45, 7) is 0. The van der Waals surface area contributed by atoms with E-state index >= 15 is 0 Å². The van der Waals surface area contributed by atoms with Gasteiger partial charge in [0.15, 0.2) is 0 Å². The number of nitriles is 1. The Kier molecular flexibility index (Phi) is 7.43. The van der Waals surface area contributed by atoms with Crippen molar-refractivity contribution in [3.63, 3.8) is 0 Å². The highest BCUT2D eigenvalue weighted by atomic mass is 32.2. The first kappa shape index (κ1) is 21.3. The number of benzene rings is 1. The Labute approximate surface area is 164 Å². The zero-order valence-corrected chi connectivity index (χ0v) is 15.6. The first-order valence-corrected chi connectivity index (χ1v) is 9.46. The summed E-state index contributed by atoms with van der Waals surface area (Å²) in [6.07, 6.45) is 1.41. The zero-order valence-electron chi connectivity index (χ0n) is 14.8. The molecule has 0 spiro atoms. The lowest BCUT2D eigenvalue weighted by Gasteiger charge is -2.16. The molecule has 1 heterocycles. The fourth-order valence-corrected chi connectivity index (χ4v) is 3.61. The Bertz CT molecular complexity index is 907. The highest BCUT2D eigenvalue weighted by Gasteiger charge is 2.24. The quantitative estimate of drug-likeness (QED) is 0.394. The van der Waals surface area contributed by atoms with Gasteiger partial charge in [-0.25, -0.2) is 4.79 Å². The maximum absolute atomic E-state index is 11.9. The number of carbonyl (C=O) groups excluding carboxylic acids is 1. The number of aromatic amines is 1. The summed E-state index contributed by atoms with van der Waals surface area (Å²) in [5, 5.41) is 30.2. The fourth-order valence-electron chi connectivity index (χ4n) is 2.55. The molecule has 0 bridgehead atoms. The SMILES string of the molecule is N#CC(SC[C@H](NC(=O)CC[C@H](N)C(=O)O)C(=O)O)c1c[nH]c2ccccc12. The van der Waals surface area contributed by atoms with Crippen molar-refractivity contribution in [1.82, 2.24) is 10.3 Å². The number of fused-ring (bicyclic) bond motifs is 1. The number of nitrogens with zero attached hydrogens (tertiary/aromatic N) is 1. The number of nitrogens with one attached hydrogen (secondary N) is 2. The molecule has 10 heteroatoms. The van der Waals surface area contributed by atoms with Crippen molar-refractivity contribution in [1.29, 1.82) is 5.26 Å². The first-order chi connectivity index (χ1) is 13.3. The van der Waals surface area contributed by atoms with E-state index in [2.05, 4.69) is 16.4 Å². The van der Waals surface area contributed by atoms with E-state index in [1.165, 1.54) is 0 Å². The third-order valence-electron chi connectivity index (χ3n) is 4.08. The van der Waals surface area contributed by atoms with Crippen molar-refractivity contribution >= 4 is 40.5 Å². The molecular formula is C18H20N4O5S. The van der Waals surface area contributed by atoms with Crippen LogP contribution in [-0.4, -0.2) is 50.9 Å². The van der Waals surface area contributed by atoms with E-state index in [4.69, 9.17) is 10.8 Å². The van der Waals surface area contributed by atoms with Crippen LogP contribution in [0, 0.1) is 11.3 Å². The topological polar surface area (TPSA) is 169 Å². The summed E-state index contributed by atoms with van der Waals surface area (Å²) >= 11 is 1.11. The number of aliphatic carboxylic acids is 2. The maximum Gasteiger partial charge on any atom is 0.327 e. The number of nitrogens with two attached hydrogens (primary N) is 1. The number of rotatable bonds is 10. The maximum atomic E-state index is 11.9. The van der Waals surface area contributed by atoms with Gasteiger partial charge in [0.25, 0.3) is 0 Å². The van der Waals surface area contributed by atoms with E-state index in [1.807, 2.05) is 24.3 Å². The van der Waals surface area contributed by atoms with E-state index in [9.17, 15) is 24.8 Å². The molecule has 28 heavy (non-hydrogen) atoms. The van der Waals surface area contributed by atoms with Crippen molar-refractivity contribution in [2.75, 3.05) is 5.75 Å². The number of H-pyrrole nitrogens is 1. The molecule has 0 aliphatic rings. The van der Waals surface area contributed by atoms with Gasteiger partial charge < -0.3 is 26.2 Å². The molecule has 0 saturated heterocycles. The lowest BCUT2D eigenvalue weighted by atomic mass is 10.1. The minimum absolute atomic E-state index is 0.0240. The van der Waals surface area contributed by atoms with Gasteiger partial charge in [0.2, 0.25) is 5.91 Å². The second-order valence-electron chi connectivity index (χ2n) is 6.07. The summed E-state index contributed by atoms with van der Waals surface area (Å²) in [4.78, 5) is 37.1. The van der Waals surface area contributed by atoms with Crippen LogP contribution in [0.25, 0.3) is 10.9 Å². The number of aromatic nitrogens is 1. The second-order valence-corrected chi connectivity index (χ2v) is 7.21. The van der Waals surface area contributed by atoms with Crippen LogP contribution in [0.4, 0.5) is 0 Å². The van der Waals surface area contributed by atoms with E-state index in [-0.39, 0.29) is 18.6 Å². The second kappa shape index (κ2) is 9.77. The number of thioether (sulfide) groups is 1. The molecular weight excluding hydrogens is 384 g/mol. The predicted octanol–water partition coefficient (Wildman–Crippen LogP) is 1.23. The highest BCUT2D eigenvalue weighted by Crippen LogP contribution is 2.33. The summed E-state index contributed by atoms with van der Waals surface area (Å²) in [5.74, 6) is -3.10. The van der Waals surface area contributed by atoms with Gasteiger partial charge >= 0.3 is 11.9 Å². The van der Waals surface area contributed by atoms with Crippen LogP contribution < -0.4 is 11.1 Å². The first-order valence-electron chi connectivity index (χ1n) is 8.41. The number of amides is 1. The monoisotopic (exact) mass is 404 g/mol. The van der Waals surface area contributed by atoms with Crippen LogP contribution in [0.15, 0.2) is 30.5 Å². The third-order valence-corrected chi connectivity index (χ3v) is 5.30. The molecule has 1 aromatic heterocycles. The number of carbonyl (C=O) groups is 3. The minimum Gasteiger partial charge on any atom is -0.480 e. The molecule has 0 fully saturated rings. The summed E-state index contributed by atoms with van der Waals surface area (Å²) in [5.41, 5.74) is 6.95. The molecule has 0 aliphatic heterocycles. The van der Waals surface area contributed by atoms with Crippen molar-refractivity contribution < 1.29 is 24.6 Å². The predicted molar refractivity (Wildman–Crippen MR) is 104 cm³/mol. The van der Waals surface area contributed by atoms with Crippen LogP contribution in [0.2, 0.25) is 0 Å². The van der Waals surface area contributed by atoms with Crippen LogP contribution in [0.1, 0.15) is 23.7 Å². The lowest BCUT2D eigenvalue weighted by molar-refractivity contribution is -0.141. The molecule has 6 N–H and O–H groups in total. The minimum atomic E-state index is -1.24. The number of hydrogen-bond acceptors (Lipinski definition) is 6. The molecule has 148 valence electrons. The highest BCUT2D eigenvalue weighted by molar-refractivity contribution is 7.99. The van der Waals surface area contributed by atoms with E-state index in [0.29, 0.717) is 0 Å². The molecule has 2 rings (SSSR count). The lowest BCUT2D eigenvalue weighted by Crippen LogP contribution is -2.43. The van der Waals surface area contributed by atoms with Gasteiger partial charge in [-0.05, 0) is 12.5 Å². The molecule has 0 saturated carbocycles. The van der Waals surface area contributed by atoms with Gasteiger partial charge in [-0.2, -0.15) is 5.26 Å². The smallest absolute Gasteiger partial charge is 0.327 e. The number of para-hydroxylation sites is 1. The molecule has 0 aliphatic carbocycles. The Hall–Kier alpha value is -3.03. The van der Waals surface area contributed by atoms with E-state index < -0.39 is 35.2 Å². The largest absolute Gasteiger partial charge is 0.480 e. The number of carboxylic acid groups (broad SMARTS) is 2. The molecule has 3 atom stereocenters. The number of hydrogen-bond donors (Lipinski definition) is 5. The van der Waals surface area contributed by atoms with Crippen molar-refractivity contribution in [2.24, 2.45) is 5.73 Å². The Morgan fingerprint density at radius 1 is 1.25 bits per heavy atom. The Balaban J connectivity index is 1.98. The normalized spacial score (nSPS) is 14.0. The standard InChI is InChI=1S/C18H20N4O5S/c19-7-15(11-8-21-13-4-2-1-3-10(11)13)28-9-14(18(26)27)22-16(23)6-5-12(20)17(24)25/h1-4,8,12,14-15,21H,5-6,9,20H2,(H,22,23)(H,24,25)(H,26,27)/t12-,14-,15?/m0/s1. The van der Waals surface area contributed by atoms with Gasteiger partial charge in [-0.3, -0.25) is 9.59 Å². The van der Waals surface area contributed by atoms with Crippen LogP contribution >= 0.6 is 11.8 Å². The van der Waals surface area contributed by atoms with E-state index in [0.717, 1.165) is 28.2 Å². The average Bonchev–Trinajstić information content (AvgIpc) is 3.09. The van der Waals surface area contributed by atoms with Crippen LogP contribution in [-0.2, 0) is 14.4 Å². The molecule has 1 amide bonds. The molecule has 2 aromatic rings.